The molecule has 30 heavy (non-hydrogen) atoms. The number of carboxylic acids is 1. The lowest BCUT2D eigenvalue weighted by atomic mass is 10.1. The van der Waals surface area contributed by atoms with Crippen LogP contribution < -0.4 is 5.11 Å². The quantitative estimate of drug-likeness (QED) is 0.429. The second-order valence-corrected chi connectivity index (χ2v) is 8.81. The third-order valence-electron chi connectivity index (χ3n) is 4.41. The van der Waals surface area contributed by atoms with Gasteiger partial charge in [-0.05, 0) is 48.9 Å². The first-order valence-corrected chi connectivity index (χ1v) is 11.0. The summed E-state index contributed by atoms with van der Waals surface area (Å²) in [4.78, 5) is 14.2. The molecule has 3 heteroatoms. The van der Waals surface area contributed by atoms with Crippen molar-refractivity contribution >= 4 is 16.9 Å². The van der Waals surface area contributed by atoms with Gasteiger partial charge in [0.1, 0.15) is 0 Å². The number of carboxylic acid groups (broad SMARTS) is 1. The molecular weight excluding hydrogens is 388 g/mol. The average molecular weight is 413 g/mol. The van der Waals surface area contributed by atoms with Crippen LogP contribution in [0.3, 0.4) is 0 Å². The van der Waals surface area contributed by atoms with E-state index in [0.29, 0.717) is 0 Å². The van der Waals surface area contributed by atoms with E-state index in [2.05, 4.69) is 91.0 Å². The van der Waals surface area contributed by atoms with Gasteiger partial charge in [0.2, 0.25) is 0 Å². The monoisotopic (exact) mass is 412 g/mol. The van der Waals surface area contributed by atoms with Crippen molar-refractivity contribution in [3.8, 4) is 0 Å². The zero-order valence-electron chi connectivity index (χ0n) is 16.9. The predicted octanol–water partition coefficient (Wildman–Crippen LogP) is 5.07. The van der Waals surface area contributed by atoms with Gasteiger partial charge in [0.25, 0.3) is 0 Å². The Balaban J connectivity index is 0.000000199. The highest BCUT2D eigenvalue weighted by molar-refractivity contribution is 7.97. The van der Waals surface area contributed by atoms with Gasteiger partial charge in [-0.1, -0.05) is 84.4 Å². The van der Waals surface area contributed by atoms with Crippen molar-refractivity contribution in [2.24, 2.45) is 0 Å². The van der Waals surface area contributed by atoms with Crippen LogP contribution in [0.4, 0.5) is 0 Å². The number of carbonyl (C=O) groups excluding carboxylic acids is 1. The Labute approximate surface area is 181 Å². The predicted molar refractivity (Wildman–Crippen MR) is 121 cm³/mol. The lowest BCUT2D eigenvalue weighted by Gasteiger charge is -2.07. The molecule has 0 amide bonds. The minimum absolute atomic E-state index is 0.000278. The standard InChI is InChI=1S/C18H15S.C9H10O2/c1-4-10-16(11-5-1)19(17-12-6-2-7-13-17)18-14-8-3-9-15-18;1-7-2-4-8(5-3-7)6-9(10)11/h1-15H;2-5H,6H2,1H3,(H,10,11)/q+1;/p-1. The molecule has 4 aromatic rings. The number of aliphatic carboxylic acids is 1. The zero-order chi connectivity index (χ0) is 21.2. The van der Waals surface area contributed by atoms with Crippen LogP contribution in [0.1, 0.15) is 11.1 Å². The van der Waals surface area contributed by atoms with Crippen LogP contribution in [0.25, 0.3) is 0 Å². The lowest BCUT2D eigenvalue weighted by molar-refractivity contribution is -0.304. The number of rotatable bonds is 5. The fourth-order valence-corrected chi connectivity index (χ4v) is 5.05. The summed E-state index contributed by atoms with van der Waals surface area (Å²) in [5, 5.41) is 10.1. The molecule has 0 saturated heterocycles. The molecule has 0 bridgehead atoms. The van der Waals surface area contributed by atoms with Crippen molar-refractivity contribution in [2.75, 3.05) is 0 Å². The van der Waals surface area contributed by atoms with Gasteiger partial charge in [-0.3, -0.25) is 0 Å². The first-order chi connectivity index (χ1) is 14.6. The third-order valence-corrected chi connectivity index (χ3v) is 6.64. The highest BCUT2D eigenvalue weighted by Gasteiger charge is 2.27. The summed E-state index contributed by atoms with van der Waals surface area (Å²) in [5.41, 5.74) is 1.92. The van der Waals surface area contributed by atoms with Crippen molar-refractivity contribution in [2.45, 2.75) is 28.0 Å². The highest BCUT2D eigenvalue weighted by atomic mass is 32.2. The Kier molecular flexibility index (Phi) is 7.87. The largest absolute Gasteiger partial charge is 0.550 e. The number of hydrogen-bond acceptors (Lipinski definition) is 2. The SMILES string of the molecule is Cc1ccc(CC(=O)[O-])cc1.c1ccc([S+](c2ccccc2)c2ccccc2)cc1. The molecule has 0 atom stereocenters. The Morgan fingerprint density at radius 2 is 1.00 bits per heavy atom. The molecule has 0 aromatic heterocycles. The van der Waals surface area contributed by atoms with Crippen LogP contribution in [0.2, 0.25) is 0 Å². The summed E-state index contributed by atoms with van der Waals surface area (Å²) in [5.74, 6) is -1.03. The van der Waals surface area contributed by atoms with Crippen LogP contribution in [0.15, 0.2) is 130 Å². The van der Waals surface area contributed by atoms with E-state index in [1.54, 1.807) is 12.1 Å². The maximum atomic E-state index is 10.1. The zero-order valence-corrected chi connectivity index (χ0v) is 17.7. The molecule has 0 N–H and O–H groups in total. The van der Waals surface area contributed by atoms with E-state index in [1.165, 1.54) is 14.7 Å². The van der Waals surface area contributed by atoms with Crippen LogP contribution >= 0.6 is 0 Å². The first-order valence-electron chi connectivity index (χ1n) is 9.78. The Bertz CT molecular complexity index is 937. The van der Waals surface area contributed by atoms with Gasteiger partial charge in [-0.2, -0.15) is 0 Å². The van der Waals surface area contributed by atoms with Gasteiger partial charge < -0.3 is 9.90 Å². The summed E-state index contributed by atoms with van der Waals surface area (Å²) >= 11 is 0. The van der Waals surface area contributed by atoms with Crippen molar-refractivity contribution in [3.63, 3.8) is 0 Å². The van der Waals surface area contributed by atoms with Gasteiger partial charge in [-0.25, -0.2) is 0 Å². The van der Waals surface area contributed by atoms with E-state index in [1.807, 2.05) is 19.1 Å². The lowest BCUT2D eigenvalue weighted by Crippen LogP contribution is -2.24. The van der Waals surface area contributed by atoms with Crippen LogP contribution in [-0.2, 0) is 22.1 Å². The maximum Gasteiger partial charge on any atom is 0.166 e. The topological polar surface area (TPSA) is 40.1 Å². The van der Waals surface area contributed by atoms with Crippen molar-refractivity contribution in [3.05, 3.63) is 126 Å². The molecule has 0 aliphatic rings. The van der Waals surface area contributed by atoms with Gasteiger partial charge in [0.15, 0.2) is 14.7 Å². The van der Waals surface area contributed by atoms with Crippen LogP contribution in [0, 0.1) is 6.92 Å². The smallest absolute Gasteiger partial charge is 0.166 e. The van der Waals surface area contributed by atoms with E-state index in [4.69, 9.17) is 0 Å². The highest BCUT2D eigenvalue weighted by Crippen LogP contribution is 2.30. The van der Waals surface area contributed by atoms with Crippen molar-refractivity contribution in [1.29, 1.82) is 0 Å². The van der Waals surface area contributed by atoms with E-state index in [9.17, 15) is 9.90 Å². The number of benzene rings is 4. The summed E-state index contributed by atoms with van der Waals surface area (Å²) < 4.78 is 0. The second-order valence-electron chi connectivity index (χ2n) is 6.78. The molecule has 4 rings (SSSR count). The average Bonchev–Trinajstić information content (AvgIpc) is 2.78. The molecule has 0 fully saturated rings. The molecule has 0 radical (unpaired) electrons. The van der Waals surface area contributed by atoms with E-state index >= 15 is 0 Å². The molecule has 2 nitrogen and oxygen atoms in total. The summed E-state index contributed by atoms with van der Waals surface area (Å²) in [6.07, 6.45) is 0.000278. The van der Waals surface area contributed by atoms with Gasteiger partial charge in [-0.15, -0.1) is 0 Å². The van der Waals surface area contributed by atoms with E-state index in [0.717, 1.165) is 11.1 Å². The minimum atomic E-state index is -1.03. The van der Waals surface area contributed by atoms with Gasteiger partial charge in [0, 0.05) is 12.4 Å². The Hall–Kier alpha value is -3.30. The minimum Gasteiger partial charge on any atom is -0.550 e. The molecule has 0 saturated carbocycles. The van der Waals surface area contributed by atoms with E-state index in [-0.39, 0.29) is 17.3 Å². The Morgan fingerprint density at radius 1 is 0.633 bits per heavy atom. The van der Waals surface area contributed by atoms with Gasteiger partial charge in [0.05, 0.1) is 10.9 Å². The third kappa shape index (κ3) is 6.36. The number of aryl methyl sites for hydroxylation is 1. The van der Waals surface area contributed by atoms with Crippen molar-refractivity contribution < 1.29 is 9.90 Å². The number of hydrogen-bond donors (Lipinski definition) is 0. The number of carbonyl (C=O) groups is 1. The second kappa shape index (κ2) is 11.0. The van der Waals surface area contributed by atoms with Crippen LogP contribution in [0.5, 0.6) is 0 Å². The molecular formula is C27H24O2S. The first kappa shape index (κ1) is 21.4. The molecule has 4 aromatic carbocycles. The summed E-state index contributed by atoms with van der Waals surface area (Å²) in [6, 6.07) is 39.5. The van der Waals surface area contributed by atoms with Gasteiger partial charge >= 0.3 is 0 Å². The normalized spacial score (nSPS) is 10.2. The molecule has 0 aliphatic carbocycles. The summed E-state index contributed by atoms with van der Waals surface area (Å²) in [7, 11) is -0.0146. The van der Waals surface area contributed by atoms with Crippen molar-refractivity contribution in [1.82, 2.24) is 0 Å². The maximum absolute atomic E-state index is 10.1. The molecule has 0 aliphatic heterocycles. The fourth-order valence-electron chi connectivity index (χ4n) is 2.95. The molecule has 0 heterocycles. The molecule has 0 unspecified atom stereocenters. The van der Waals surface area contributed by atoms with E-state index < -0.39 is 5.97 Å². The summed E-state index contributed by atoms with van der Waals surface area (Å²) in [6.45, 7) is 1.96. The Morgan fingerprint density at radius 3 is 1.33 bits per heavy atom. The van der Waals surface area contributed by atoms with Crippen LogP contribution in [-0.4, -0.2) is 5.97 Å². The molecule has 0 spiro atoms. The molecule has 150 valence electrons. The fraction of sp³-hybridized carbons (Fsp3) is 0.0741.